The van der Waals surface area contributed by atoms with Gasteiger partial charge in [0, 0.05) is 28.2 Å². The molecule has 0 spiro atoms. The third-order valence-corrected chi connectivity index (χ3v) is 4.39. The number of nitrogens with zero attached hydrogens (tertiary/aromatic N) is 1. The number of carbonyl (C=O) groups excluding carboxylic acids is 1. The Balaban J connectivity index is 2.05. The molecule has 3 rings (SSSR count). The molecule has 0 aromatic heterocycles. The largest absolute Gasteiger partial charge is 0.496 e. The van der Waals surface area contributed by atoms with Gasteiger partial charge in [-0.3, -0.25) is 14.9 Å². The summed E-state index contributed by atoms with van der Waals surface area (Å²) < 4.78 is 5.21. The Labute approximate surface area is 130 Å². The summed E-state index contributed by atoms with van der Waals surface area (Å²) in [5, 5.41) is 10.9. The molecule has 2 aromatic carbocycles. The topological polar surface area (TPSA) is 69.4 Å². The molecular weight excluding hydrogens is 302 g/mol. The van der Waals surface area contributed by atoms with Gasteiger partial charge >= 0.3 is 0 Å². The lowest BCUT2D eigenvalue weighted by Crippen LogP contribution is -1.95. The molecule has 0 radical (unpaired) electrons. The number of hydrogen-bond acceptors (Lipinski definition) is 5. The molecule has 5 nitrogen and oxygen atoms in total. The maximum atomic E-state index is 12.4. The molecule has 0 atom stereocenters. The van der Waals surface area contributed by atoms with Gasteiger partial charge in [0.25, 0.3) is 5.69 Å². The van der Waals surface area contributed by atoms with E-state index in [1.54, 1.807) is 12.1 Å². The molecule has 0 saturated carbocycles. The van der Waals surface area contributed by atoms with Crippen molar-refractivity contribution in [3.63, 3.8) is 0 Å². The molecule has 1 heterocycles. The van der Waals surface area contributed by atoms with Crippen LogP contribution in [0.1, 0.15) is 15.9 Å². The van der Waals surface area contributed by atoms with Gasteiger partial charge in [-0.25, -0.2) is 0 Å². The number of Topliss-reactive ketones (excluding diaryl/α,β-unsaturated/α-hetero) is 1. The van der Waals surface area contributed by atoms with E-state index in [2.05, 4.69) is 0 Å². The van der Waals surface area contributed by atoms with Gasteiger partial charge in [0.05, 0.1) is 16.9 Å². The maximum Gasteiger partial charge on any atom is 0.270 e. The summed E-state index contributed by atoms with van der Waals surface area (Å²) >= 11 is 1.36. The third-order valence-electron chi connectivity index (χ3n) is 3.29. The van der Waals surface area contributed by atoms with E-state index in [-0.39, 0.29) is 11.5 Å². The van der Waals surface area contributed by atoms with Gasteiger partial charge in [0.15, 0.2) is 0 Å². The van der Waals surface area contributed by atoms with Gasteiger partial charge in [-0.1, -0.05) is 23.9 Å². The number of thioether (sulfide) groups is 1. The number of nitro benzene ring substituents is 1. The highest BCUT2D eigenvalue weighted by Gasteiger charge is 2.25. The van der Waals surface area contributed by atoms with E-state index in [1.807, 2.05) is 18.2 Å². The van der Waals surface area contributed by atoms with Crippen molar-refractivity contribution >= 4 is 29.3 Å². The fourth-order valence-corrected chi connectivity index (χ4v) is 3.27. The van der Waals surface area contributed by atoms with Gasteiger partial charge < -0.3 is 4.74 Å². The number of hydrogen-bond donors (Lipinski definition) is 0. The monoisotopic (exact) mass is 313 g/mol. The molecule has 0 aliphatic carbocycles. The van der Waals surface area contributed by atoms with Crippen molar-refractivity contribution in [2.24, 2.45) is 0 Å². The number of carbonyl (C=O) groups is 1. The molecule has 6 heteroatoms. The summed E-state index contributed by atoms with van der Waals surface area (Å²) in [6.07, 6.45) is 1.64. The summed E-state index contributed by atoms with van der Waals surface area (Å²) in [5.74, 6) is 0.414. The molecule has 2 aromatic rings. The van der Waals surface area contributed by atoms with Gasteiger partial charge in [-0.05, 0) is 24.3 Å². The Morgan fingerprint density at radius 2 is 2.00 bits per heavy atom. The number of methoxy groups -OCH3 is 1. The first-order valence-corrected chi connectivity index (χ1v) is 7.27. The smallest absolute Gasteiger partial charge is 0.270 e. The molecular formula is C16H11NO4S. The minimum absolute atomic E-state index is 0.0411. The number of rotatable bonds is 3. The van der Waals surface area contributed by atoms with Gasteiger partial charge in [0.2, 0.25) is 5.78 Å². The van der Waals surface area contributed by atoms with E-state index < -0.39 is 4.92 Å². The number of fused-ring (bicyclic) bond motifs is 1. The maximum absolute atomic E-state index is 12.4. The Bertz CT molecular complexity index is 814. The standard InChI is InChI=1S/C16H11NO4S/c1-21-13-7-6-11(17(19)20)8-10(13)9-15-16(18)12-4-2-3-5-14(12)22-15/h2-9H,1H3. The summed E-state index contributed by atoms with van der Waals surface area (Å²) in [7, 11) is 1.49. The minimum Gasteiger partial charge on any atom is -0.496 e. The van der Waals surface area contributed by atoms with Crippen molar-refractivity contribution in [2.45, 2.75) is 4.90 Å². The second-order valence-corrected chi connectivity index (χ2v) is 5.70. The van der Waals surface area contributed by atoms with E-state index in [0.29, 0.717) is 21.8 Å². The lowest BCUT2D eigenvalue weighted by Gasteiger charge is -2.05. The van der Waals surface area contributed by atoms with E-state index in [9.17, 15) is 14.9 Å². The average Bonchev–Trinajstić information content (AvgIpc) is 2.84. The molecule has 22 heavy (non-hydrogen) atoms. The molecule has 0 bridgehead atoms. The van der Waals surface area contributed by atoms with Crippen LogP contribution < -0.4 is 4.74 Å². The second-order valence-electron chi connectivity index (χ2n) is 4.62. The van der Waals surface area contributed by atoms with Crippen molar-refractivity contribution < 1.29 is 14.5 Å². The molecule has 0 saturated heterocycles. The highest BCUT2D eigenvalue weighted by molar-refractivity contribution is 8.04. The molecule has 1 aliphatic heterocycles. The number of allylic oxidation sites excluding steroid dienone is 1. The van der Waals surface area contributed by atoms with E-state index >= 15 is 0 Å². The van der Waals surface area contributed by atoms with Gasteiger partial charge in [-0.2, -0.15) is 0 Å². The zero-order valence-corrected chi connectivity index (χ0v) is 12.4. The molecule has 0 fully saturated rings. The van der Waals surface area contributed by atoms with Crippen LogP contribution in [0.5, 0.6) is 5.75 Å². The van der Waals surface area contributed by atoms with E-state index in [4.69, 9.17) is 4.74 Å². The number of nitro groups is 1. The predicted octanol–water partition coefficient (Wildman–Crippen LogP) is 3.93. The summed E-state index contributed by atoms with van der Waals surface area (Å²) in [4.78, 5) is 24.2. The summed E-state index contributed by atoms with van der Waals surface area (Å²) in [6.45, 7) is 0. The first kappa shape index (κ1) is 14.3. The van der Waals surface area contributed by atoms with Crippen molar-refractivity contribution in [3.05, 3.63) is 68.6 Å². The van der Waals surface area contributed by atoms with Crippen LogP contribution in [0.15, 0.2) is 52.3 Å². The Morgan fingerprint density at radius 1 is 1.23 bits per heavy atom. The third kappa shape index (κ3) is 2.48. The van der Waals surface area contributed by atoms with Crippen LogP contribution in [0.3, 0.4) is 0 Å². The number of benzene rings is 2. The summed E-state index contributed by atoms with van der Waals surface area (Å²) in [6, 6.07) is 11.6. The normalized spacial score (nSPS) is 15.0. The van der Waals surface area contributed by atoms with E-state index in [0.717, 1.165) is 4.90 Å². The number of ether oxygens (including phenoxy) is 1. The van der Waals surface area contributed by atoms with Crippen LogP contribution in [0.2, 0.25) is 0 Å². The van der Waals surface area contributed by atoms with Gasteiger partial charge in [0.1, 0.15) is 5.75 Å². The van der Waals surface area contributed by atoms with Crippen molar-refractivity contribution in [1.29, 1.82) is 0 Å². The highest BCUT2D eigenvalue weighted by Crippen LogP contribution is 2.41. The molecule has 0 amide bonds. The molecule has 0 unspecified atom stereocenters. The van der Waals surface area contributed by atoms with Crippen molar-refractivity contribution in [2.75, 3.05) is 7.11 Å². The van der Waals surface area contributed by atoms with Crippen molar-refractivity contribution in [3.8, 4) is 5.75 Å². The Hall–Kier alpha value is -2.60. The Morgan fingerprint density at radius 3 is 2.68 bits per heavy atom. The zero-order chi connectivity index (χ0) is 15.7. The number of non-ortho nitro benzene ring substituents is 1. The predicted molar refractivity (Wildman–Crippen MR) is 84.3 cm³/mol. The second kappa shape index (κ2) is 5.65. The lowest BCUT2D eigenvalue weighted by atomic mass is 10.1. The van der Waals surface area contributed by atoms with E-state index in [1.165, 1.54) is 37.1 Å². The summed E-state index contributed by atoms with van der Waals surface area (Å²) in [5.41, 5.74) is 1.13. The lowest BCUT2D eigenvalue weighted by molar-refractivity contribution is -0.384. The highest BCUT2D eigenvalue weighted by atomic mass is 32.2. The van der Waals surface area contributed by atoms with Crippen LogP contribution in [-0.4, -0.2) is 17.8 Å². The quantitative estimate of drug-likeness (QED) is 0.488. The van der Waals surface area contributed by atoms with Crippen LogP contribution in [0, 0.1) is 10.1 Å². The average molecular weight is 313 g/mol. The number of ketones is 1. The van der Waals surface area contributed by atoms with Crippen LogP contribution in [-0.2, 0) is 0 Å². The fourth-order valence-electron chi connectivity index (χ4n) is 2.23. The van der Waals surface area contributed by atoms with Crippen LogP contribution in [0.25, 0.3) is 6.08 Å². The molecule has 110 valence electrons. The fraction of sp³-hybridized carbons (Fsp3) is 0.0625. The molecule has 1 aliphatic rings. The molecule has 0 N–H and O–H groups in total. The van der Waals surface area contributed by atoms with Crippen LogP contribution in [0.4, 0.5) is 5.69 Å². The SMILES string of the molecule is COc1ccc([N+](=O)[O-])cc1C=C1Sc2ccccc2C1=O. The first-order chi connectivity index (χ1) is 10.6. The van der Waals surface area contributed by atoms with Crippen LogP contribution >= 0.6 is 11.8 Å². The van der Waals surface area contributed by atoms with Gasteiger partial charge in [-0.15, -0.1) is 0 Å². The van der Waals surface area contributed by atoms with Crippen molar-refractivity contribution in [1.82, 2.24) is 0 Å². The zero-order valence-electron chi connectivity index (χ0n) is 11.6. The minimum atomic E-state index is -0.472. The first-order valence-electron chi connectivity index (χ1n) is 6.46. The Kier molecular flexibility index (Phi) is 3.68.